The zero-order valence-electron chi connectivity index (χ0n) is 44.1. The van der Waals surface area contributed by atoms with Gasteiger partial charge in [-0.3, -0.25) is 14.4 Å². The Morgan fingerprint density at radius 2 is 1.13 bits per heavy atom. The molecule has 0 amide bonds. The van der Waals surface area contributed by atoms with Crippen LogP contribution in [0.5, 0.6) is 11.5 Å². The number of allylic oxidation sites excluding steroid dienone is 2. The summed E-state index contributed by atoms with van der Waals surface area (Å²) < 4.78 is 25.0. The Hall–Kier alpha value is -3.39. The number of rotatable bonds is 2. The zero-order valence-corrected chi connectivity index (χ0v) is 44.1. The monoisotopic (exact) mass is 931 g/mol. The van der Waals surface area contributed by atoms with Crippen LogP contribution in [0.3, 0.4) is 0 Å². The molecule has 370 valence electrons. The van der Waals surface area contributed by atoms with E-state index in [-0.39, 0.29) is 67.1 Å². The molecule has 8 heteroatoms. The third kappa shape index (κ3) is 5.31. The number of carbonyl (C=O) groups is 3. The lowest BCUT2D eigenvalue weighted by molar-refractivity contribution is -0.236. The molecule has 1 N–H and O–H groups in total. The molecule has 16 atom stereocenters. The van der Waals surface area contributed by atoms with E-state index in [0.29, 0.717) is 23.3 Å². The molecule has 0 spiro atoms. The van der Waals surface area contributed by atoms with Gasteiger partial charge in [0, 0.05) is 16.6 Å². The maximum Gasteiger partial charge on any atom is 0.317 e. The van der Waals surface area contributed by atoms with Crippen molar-refractivity contribution in [3.05, 3.63) is 52.1 Å². The second-order valence-corrected chi connectivity index (χ2v) is 27.8. The van der Waals surface area contributed by atoms with Gasteiger partial charge in [0.1, 0.15) is 0 Å². The summed E-state index contributed by atoms with van der Waals surface area (Å²) in [5.74, 6) is -0.504. The van der Waals surface area contributed by atoms with E-state index in [1.807, 2.05) is 6.92 Å². The number of carbonyl (C=O) groups excluding carboxylic acids is 3. The maximum absolute atomic E-state index is 14.9. The fourth-order valence-corrected chi connectivity index (χ4v) is 19.8. The van der Waals surface area contributed by atoms with Gasteiger partial charge in [0.25, 0.3) is 0 Å². The van der Waals surface area contributed by atoms with Gasteiger partial charge >= 0.3 is 17.7 Å². The molecule has 10 aliphatic rings. The third-order valence-corrected chi connectivity index (χ3v) is 25.1. The molecule has 0 radical (unpaired) electrons. The molecule has 1 heterocycles. The van der Waals surface area contributed by atoms with Crippen LogP contribution >= 0.6 is 0 Å². The van der Waals surface area contributed by atoms with Gasteiger partial charge in [-0.05, 0) is 214 Å². The van der Waals surface area contributed by atoms with Gasteiger partial charge in [0.05, 0.1) is 25.0 Å². The van der Waals surface area contributed by atoms with E-state index in [9.17, 15) is 19.5 Å². The number of methoxy groups -OCH3 is 2. The summed E-state index contributed by atoms with van der Waals surface area (Å²) >= 11 is 0. The number of fused-ring (bicyclic) bond motifs is 17. The highest BCUT2D eigenvalue weighted by molar-refractivity contribution is 6.02. The summed E-state index contributed by atoms with van der Waals surface area (Å²) in [6.07, 6.45) is 23.6. The predicted octanol–water partition coefficient (Wildman–Crippen LogP) is 12.7. The summed E-state index contributed by atoms with van der Waals surface area (Å²) in [6.45, 7) is 28.2. The first-order valence-corrected chi connectivity index (χ1v) is 26.7. The number of esters is 2. The maximum atomic E-state index is 14.9. The highest BCUT2D eigenvalue weighted by Crippen LogP contribution is 2.78. The Kier molecular flexibility index (Phi) is 9.50. The third-order valence-electron chi connectivity index (χ3n) is 25.1. The van der Waals surface area contributed by atoms with E-state index < -0.39 is 28.0 Å². The van der Waals surface area contributed by atoms with Gasteiger partial charge in [0.15, 0.2) is 11.5 Å². The summed E-state index contributed by atoms with van der Waals surface area (Å²) in [4.78, 5) is 41.6. The molecule has 1 aromatic carbocycles. The van der Waals surface area contributed by atoms with Crippen molar-refractivity contribution in [1.82, 2.24) is 0 Å². The topological polar surface area (TPSA) is 108 Å². The van der Waals surface area contributed by atoms with E-state index in [0.717, 1.165) is 119 Å². The van der Waals surface area contributed by atoms with Crippen molar-refractivity contribution in [2.75, 3.05) is 14.2 Å². The minimum absolute atomic E-state index is 0.0114. The van der Waals surface area contributed by atoms with Gasteiger partial charge < -0.3 is 24.1 Å². The van der Waals surface area contributed by atoms with Crippen LogP contribution in [0.1, 0.15) is 189 Å². The standard InChI is InChI=1S/C60H82O8/c1-35-36-15-17-41-53(6,25-29-57(10)43-33-51(4,47(62)65-13)21-19-49(43,2)23-27-55(41,57)8)38(36)31-40-46(35)68-60(64)45(61)32-39-37(59(60,12)67-40)16-18-42-54(39,7)26-30-58(11)44-34-52(5,48(63)66-14)22-20-50(44,3)24-28-56(42,58)9/h15-17,31-32,41-44,64H,18-30,33-34H2,1-14H3/t41-,42+,43+,44-,49-,50-,51-,52-,53+,54+,55-,56-,57+,58+,59-,60+/m1/s1. The van der Waals surface area contributed by atoms with Gasteiger partial charge in [-0.2, -0.15) is 0 Å². The molecule has 1 aliphatic heterocycles. The molecule has 1 aromatic rings. The number of ketones is 1. The number of aliphatic hydroxyl groups is 1. The number of hydrogen-bond acceptors (Lipinski definition) is 8. The van der Waals surface area contributed by atoms with Crippen molar-refractivity contribution in [1.29, 1.82) is 0 Å². The Balaban J connectivity index is 0.946. The first kappa shape index (κ1) is 47.0. The molecule has 0 bridgehead atoms. The zero-order chi connectivity index (χ0) is 49.1. The second-order valence-electron chi connectivity index (χ2n) is 27.8. The molecule has 11 rings (SSSR count). The van der Waals surface area contributed by atoms with E-state index in [4.69, 9.17) is 18.9 Å². The molecular formula is C60H82O8. The van der Waals surface area contributed by atoms with Crippen molar-refractivity contribution in [2.24, 2.45) is 72.4 Å². The first-order chi connectivity index (χ1) is 31.6. The molecule has 68 heavy (non-hydrogen) atoms. The van der Waals surface area contributed by atoms with E-state index in [2.05, 4.69) is 100 Å². The predicted molar refractivity (Wildman–Crippen MR) is 264 cm³/mol. The van der Waals surface area contributed by atoms with Gasteiger partial charge in [-0.1, -0.05) is 73.6 Å². The normalized spacial score (nSPS) is 51.5. The average molecular weight is 931 g/mol. The minimum Gasteiger partial charge on any atom is -0.471 e. The number of benzene rings is 1. The Morgan fingerprint density at radius 3 is 1.71 bits per heavy atom. The molecule has 0 aromatic heterocycles. The highest BCUT2D eigenvalue weighted by atomic mass is 16.7. The number of hydrogen-bond donors (Lipinski definition) is 1. The molecule has 9 aliphatic carbocycles. The Labute approximate surface area is 407 Å². The molecule has 8 nitrogen and oxygen atoms in total. The second kappa shape index (κ2) is 13.8. The van der Waals surface area contributed by atoms with Crippen molar-refractivity contribution in [2.45, 2.75) is 196 Å². The van der Waals surface area contributed by atoms with Gasteiger partial charge in [0.2, 0.25) is 11.4 Å². The highest BCUT2D eigenvalue weighted by Gasteiger charge is 2.73. The van der Waals surface area contributed by atoms with Crippen LogP contribution in [0.4, 0.5) is 0 Å². The lowest BCUT2D eigenvalue weighted by atomic mass is 9.32. The SMILES string of the molecule is COC(=O)[C@]1(C)CC[C@]2(C)CC[C@]3(C)[C@H]4CC=C5C(=CC(=O)[C@]6(O)Oc7c(cc8c(c7C)C=C[C@@H]7[C@@]8(C)CC[C@@]8(C)[C@H]9C[C@](C)(C(=O)OC)CC[C@]9(C)CC[C@]78C)O[C@]56C)[C@]4(C)CC[C@@]3(C)[C@@H]2C1. The lowest BCUT2D eigenvalue weighted by Gasteiger charge is -2.72. The van der Waals surface area contributed by atoms with Crippen LogP contribution in [0, 0.1) is 79.3 Å². The van der Waals surface area contributed by atoms with Crippen LogP contribution in [-0.2, 0) is 29.3 Å². The van der Waals surface area contributed by atoms with Crippen LogP contribution in [0.25, 0.3) is 6.08 Å². The Morgan fingerprint density at radius 1 is 0.632 bits per heavy atom. The quantitative estimate of drug-likeness (QED) is 0.292. The lowest BCUT2D eigenvalue weighted by Crippen LogP contribution is -2.71. The summed E-state index contributed by atoms with van der Waals surface area (Å²) in [7, 11) is 3.08. The molecule has 0 unspecified atom stereocenters. The smallest absolute Gasteiger partial charge is 0.317 e. The van der Waals surface area contributed by atoms with Crippen molar-refractivity contribution in [3.8, 4) is 11.5 Å². The largest absolute Gasteiger partial charge is 0.471 e. The van der Waals surface area contributed by atoms with Crippen LogP contribution < -0.4 is 9.47 Å². The number of ether oxygens (including phenoxy) is 4. The summed E-state index contributed by atoms with van der Waals surface area (Å²) in [6, 6.07) is 2.22. The van der Waals surface area contributed by atoms with Gasteiger partial charge in [-0.15, -0.1) is 0 Å². The molecule has 6 saturated carbocycles. The van der Waals surface area contributed by atoms with Crippen LogP contribution in [0.15, 0.2) is 35.4 Å². The molecule has 0 saturated heterocycles. The fraction of sp³-hybridized carbons (Fsp3) is 0.750. The Bertz CT molecular complexity index is 2550. The van der Waals surface area contributed by atoms with E-state index >= 15 is 0 Å². The van der Waals surface area contributed by atoms with Crippen LogP contribution in [0.2, 0.25) is 0 Å². The van der Waals surface area contributed by atoms with Crippen molar-refractivity contribution >= 4 is 23.8 Å². The first-order valence-electron chi connectivity index (χ1n) is 26.7. The van der Waals surface area contributed by atoms with E-state index in [1.165, 1.54) is 12.7 Å². The molecular weight excluding hydrogens is 849 g/mol. The van der Waals surface area contributed by atoms with Gasteiger partial charge in [-0.25, -0.2) is 0 Å². The minimum atomic E-state index is -2.24. The summed E-state index contributed by atoms with van der Waals surface area (Å²) in [5.41, 5.74) is 2.45. The van der Waals surface area contributed by atoms with Crippen molar-refractivity contribution in [3.63, 3.8) is 0 Å². The van der Waals surface area contributed by atoms with Crippen LogP contribution in [-0.4, -0.2) is 48.4 Å². The molecule has 6 fully saturated rings. The average Bonchev–Trinajstić information content (AvgIpc) is 3.29. The van der Waals surface area contributed by atoms with E-state index in [1.54, 1.807) is 13.2 Å². The summed E-state index contributed by atoms with van der Waals surface area (Å²) in [5, 5.41) is 12.8. The fourth-order valence-electron chi connectivity index (χ4n) is 19.8. The van der Waals surface area contributed by atoms with Crippen molar-refractivity contribution < 1.29 is 38.4 Å².